The highest BCUT2D eigenvalue weighted by molar-refractivity contribution is 5.96. The van der Waals surface area contributed by atoms with Gasteiger partial charge in [-0.05, 0) is 60.0 Å². The lowest BCUT2D eigenvalue weighted by atomic mass is 9.98. The maximum absolute atomic E-state index is 13.6. The number of H-pyrrole nitrogens is 1. The fraction of sp³-hybridized carbons (Fsp3) is 0.226. The Morgan fingerprint density at radius 1 is 0.909 bits per heavy atom. The highest BCUT2D eigenvalue weighted by Gasteiger charge is 2.39. The molecule has 6 nitrogen and oxygen atoms in total. The van der Waals surface area contributed by atoms with Crippen molar-refractivity contribution in [3.63, 3.8) is 0 Å². The average molecular weight is 637 g/mol. The second-order valence-electron chi connectivity index (χ2n) is 10.3. The van der Waals surface area contributed by atoms with Crippen molar-refractivity contribution < 1.29 is 35.9 Å². The number of alkyl halides is 6. The molecule has 0 unspecified atom stereocenters. The number of para-hydroxylation sites is 1. The third-order valence-corrected chi connectivity index (χ3v) is 7.38. The molecule has 2 heterocycles. The molecule has 0 bridgehead atoms. The Bertz CT molecular complexity index is 1650. The van der Waals surface area contributed by atoms with Crippen molar-refractivity contribution in [1.82, 2.24) is 14.8 Å². The standard InChI is InChI=1S/C31H26F6N4O2.ClH/c32-30(33,34)22-13-20(14-23(16-22)31(35,36)37)29(43)41-12-11-40(28(42)10-7-19-5-8-24(38)9-6-19)18-25(41)15-21-17-39-27-4-2-1-3-26(21)27;/h1-10,13-14,16-17,25,39H,11-12,15,18,38H2;1H/b10-7+;/t25-;/m1./s1. The Labute approximate surface area is 254 Å². The zero-order chi connectivity index (χ0) is 30.9. The number of amides is 2. The number of rotatable bonds is 5. The number of nitrogens with two attached hydrogens (primary N) is 1. The summed E-state index contributed by atoms with van der Waals surface area (Å²) < 4.78 is 81.1. The molecule has 1 saturated heterocycles. The summed E-state index contributed by atoms with van der Waals surface area (Å²) in [5.74, 6) is -1.34. The van der Waals surface area contributed by atoms with Gasteiger partial charge in [0.1, 0.15) is 0 Å². The molecule has 3 aromatic carbocycles. The summed E-state index contributed by atoms with van der Waals surface area (Å²) in [6.07, 6.45) is -5.28. The van der Waals surface area contributed by atoms with Crippen LogP contribution in [0, 0.1) is 0 Å². The molecule has 1 aromatic heterocycles. The molecule has 3 N–H and O–H groups in total. The SMILES string of the molecule is Cl.Nc1ccc(/C=C/C(=O)N2CCN(C(=O)c3cc(C(F)(F)F)cc(C(F)(F)F)c3)[C@H](Cc3c[nH]c4ccccc34)C2)cc1. The first kappa shape index (κ1) is 32.5. The fourth-order valence-electron chi connectivity index (χ4n) is 5.18. The number of fused-ring (bicyclic) bond motifs is 1. The molecule has 0 saturated carbocycles. The van der Waals surface area contributed by atoms with Crippen LogP contribution in [-0.2, 0) is 23.6 Å². The summed E-state index contributed by atoms with van der Waals surface area (Å²) in [6.45, 7) is -0.0434. The van der Waals surface area contributed by atoms with E-state index >= 15 is 0 Å². The molecule has 0 radical (unpaired) electrons. The van der Waals surface area contributed by atoms with Crippen molar-refractivity contribution >= 4 is 46.9 Å². The summed E-state index contributed by atoms with van der Waals surface area (Å²) in [6, 6.07) is 14.3. The van der Waals surface area contributed by atoms with Crippen molar-refractivity contribution in [2.75, 3.05) is 25.4 Å². The average Bonchev–Trinajstić information content (AvgIpc) is 3.38. The van der Waals surface area contributed by atoms with Gasteiger partial charge in [-0.1, -0.05) is 30.3 Å². The van der Waals surface area contributed by atoms with E-state index in [2.05, 4.69) is 4.98 Å². The predicted octanol–water partition coefficient (Wildman–Crippen LogP) is 6.82. The zero-order valence-corrected chi connectivity index (χ0v) is 23.8. The number of aromatic amines is 1. The van der Waals surface area contributed by atoms with Crippen molar-refractivity contribution in [1.29, 1.82) is 0 Å². The van der Waals surface area contributed by atoms with Crippen LogP contribution >= 0.6 is 12.4 Å². The Morgan fingerprint density at radius 2 is 1.55 bits per heavy atom. The maximum Gasteiger partial charge on any atom is 0.416 e. The van der Waals surface area contributed by atoms with E-state index in [1.54, 1.807) is 36.5 Å². The monoisotopic (exact) mass is 636 g/mol. The van der Waals surface area contributed by atoms with Gasteiger partial charge in [0.2, 0.25) is 5.91 Å². The van der Waals surface area contributed by atoms with Crippen LogP contribution in [0.1, 0.15) is 32.6 Å². The number of benzene rings is 3. The van der Waals surface area contributed by atoms with E-state index in [0.29, 0.717) is 17.8 Å². The third-order valence-electron chi connectivity index (χ3n) is 7.38. The number of hydrogen-bond acceptors (Lipinski definition) is 3. The zero-order valence-electron chi connectivity index (χ0n) is 23.0. The highest BCUT2D eigenvalue weighted by atomic mass is 35.5. The molecule has 0 aliphatic carbocycles. The van der Waals surface area contributed by atoms with Gasteiger partial charge in [-0.3, -0.25) is 9.59 Å². The minimum atomic E-state index is -5.10. The fourth-order valence-corrected chi connectivity index (χ4v) is 5.18. The number of carbonyl (C=O) groups excluding carboxylic acids is 2. The molecule has 2 amide bonds. The molecule has 4 aromatic rings. The van der Waals surface area contributed by atoms with E-state index < -0.39 is 41.0 Å². The molecule has 232 valence electrons. The normalized spacial score (nSPS) is 15.9. The Kier molecular flexibility index (Phi) is 9.33. The van der Waals surface area contributed by atoms with Gasteiger partial charge in [-0.2, -0.15) is 26.3 Å². The van der Waals surface area contributed by atoms with Crippen LogP contribution in [0.5, 0.6) is 0 Å². The van der Waals surface area contributed by atoms with Crippen LogP contribution < -0.4 is 5.73 Å². The molecule has 1 atom stereocenters. The minimum absolute atomic E-state index is 0. The molecular formula is C31H27ClF6N4O2. The number of hydrogen-bond donors (Lipinski definition) is 2. The Morgan fingerprint density at radius 3 is 2.18 bits per heavy atom. The highest BCUT2D eigenvalue weighted by Crippen LogP contribution is 2.37. The minimum Gasteiger partial charge on any atom is -0.399 e. The van der Waals surface area contributed by atoms with Gasteiger partial charge in [0.05, 0.1) is 17.2 Å². The van der Waals surface area contributed by atoms with Crippen LogP contribution in [0.3, 0.4) is 0 Å². The summed E-state index contributed by atoms with van der Waals surface area (Å²) in [4.78, 5) is 32.6. The van der Waals surface area contributed by atoms with Crippen LogP contribution in [0.4, 0.5) is 32.0 Å². The number of nitrogens with one attached hydrogen (secondary N) is 1. The Hall–Kier alpha value is -4.45. The first-order valence-electron chi connectivity index (χ1n) is 13.3. The van der Waals surface area contributed by atoms with Gasteiger partial charge in [0.25, 0.3) is 5.91 Å². The molecule has 44 heavy (non-hydrogen) atoms. The number of halogens is 7. The number of nitrogen functional groups attached to an aromatic ring is 1. The van der Waals surface area contributed by atoms with Gasteiger partial charge in [0, 0.05) is 54.1 Å². The lowest BCUT2D eigenvalue weighted by Crippen LogP contribution is -2.57. The largest absolute Gasteiger partial charge is 0.416 e. The Balaban J connectivity index is 0.00000442. The third kappa shape index (κ3) is 7.19. The smallest absolute Gasteiger partial charge is 0.399 e. The topological polar surface area (TPSA) is 82.4 Å². The van der Waals surface area contributed by atoms with Crippen molar-refractivity contribution in [2.45, 2.75) is 24.8 Å². The van der Waals surface area contributed by atoms with E-state index in [1.807, 2.05) is 24.3 Å². The maximum atomic E-state index is 13.6. The first-order valence-corrected chi connectivity index (χ1v) is 13.3. The van der Waals surface area contributed by atoms with Crippen LogP contribution in [0.15, 0.2) is 79.0 Å². The summed E-state index contributed by atoms with van der Waals surface area (Å²) in [5, 5.41) is 0.847. The molecule has 5 rings (SSSR count). The molecular weight excluding hydrogens is 610 g/mol. The van der Waals surface area contributed by atoms with Crippen molar-refractivity contribution in [2.24, 2.45) is 0 Å². The molecule has 0 spiro atoms. The number of carbonyl (C=O) groups is 2. The van der Waals surface area contributed by atoms with Crippen molar-refractivity contribution in [3.8, 4) is 0 Å². The lowest BCUT2D eigenvalue weighted by Gasteiger charge is -2.41. The predicted molar refractivity (Wildman–Crippen MR) is 157 cm³/mol. The molecule has 13 heteroatoms. The summed E-state index contributed by atoms with van der Waals surface area (Å²) in [5.41, 5.74) is 4.73. The number of piperazine rings is 1. The first-order chi connectivity index (χ1) is 20.3. The van der Waals surface area contributed by atoms with Crippen LogP contribution in [0.25, 0.3) is 17.0 Å². The van der Waals surface area contributed by atoms with E-state index in [1.165, 1.54) is 15.9 Å². The van der Waals surface area contributed by atoms with Gasteiger partial charge in [0.15, 0.2) is 0 Å². The van der Waals surface area contributed by atoms with E-state index in [-0.39, 0.29) is 50.4 Å². The van der Waals surface area contributed by atoms with Gasteiger partial charge in [-0.15, -0.1) is 12.4 Å². The molecule has 1 fully saturated rings. The van der Waals surface area contributed by atoms with Crippen LogP contribution in [-0.4, -0.2) is 52.3 Å². The van der Waals surface area contributed by atoms with Gasteiger partial charge in [-0.25, -0.2) is 0 Å². The van der Waals surface area contributed by atoms with E-state index in [9.17, 15) is 35.9 Å². The summed E-state index contributed by atoms with van der Waals surface area (Å²) in [7, 11) is 0. The molecule has 1 aliphatic rings. The van der Waals surface area contributed by atoms with E-state index in [0.717, 1.165) is 22.0 Å². The number of anilines is 1. The molecule has 1 aliphatic heterocycles. The quantitative estimate of drug-likeness (QED) is 0.143. The van der Waals surface area contributed by atoms with Gasteiger partial charge >= 0.3 is 12.4 Å². The van der Waals surface area contributed by atoms with Gasteiger partial charge < -0.3 is 20.5 Å². The van der Waals surface area contributed by atoms with Crippen molar-refractivity contribution in [3.05, 3.63) is 107 Å². The van der Waals surface area contributed by atoms with Crippen LogP contribution in [0.2, 0.25) is 0 Å². The van der Waals surface area contributed by atoms with E-state index in [4.69, 9.17) is 5.73 Å². The number of aromatic nitrogens is 1. The number of nitrogens with zero attached hydrogens (tertiary/aromatic N) is 2. The summed E-state index contributed by atoms with van der Waals surface area (Å²) >= 11 is 0. The lowest BCUT2D eigenvalue weighted by molar-refractivity contribution is -0.143. The second kappa shape index (κ2) is 12.7. The second-order valence-corrected chi connectivity index (χ2v) is 10.3.